The second-order valence-electron chi connectivity index (χ2n) is 5.55. The fourth-order valence-corrected chi connectivity index (χ4v) is 2.48. The first-order valence-corrected chi connectivity index (χ1v) is 6.79. The topological polar surface area (TPSA) is 78.4 Å². The molecule has 1 fully saturated rings. The highest BCUT2D eigenvalue weighted by atomic mass is 16.4. The van der Waals surface area contributed by atoms with Crippen LogP contribution in [-0.2, 0) is 4.79 Å². The number of anilines is 1. The Morgan fingerprint density at radius 3 is 2.55 bits per heavy atom. The van der Waals surface area contributed by atoms with Crippen molar-refractivity contribution in [2.24, 2.45) is 5.41 Å². The maximum atomic E-state index is 12.4. The van der Waals surface area contributed by atoms with Crippen LogP contribution in [-0.4, -0.2) is 30.1 Å². The first-order valence-electron chi connectivity index (χ1n) is 6.79. The lowest BCUT2D eigenvalue weighted by Crippen LogP contribution is -2.42. The lowest BCUT2D eigenvalue weighted by atomic mass is 9.80. The van der Waals surface area contributed by atoms with Crippen molar-refractivity contribution in [2.75, 3.05) is 18.4 Å². The Kier molecular flexibility index (Phi) is 4.09. The first kappa shape index (κ1) is 14.5. The van der Waals surface area contributed by atoms with Gasteiger partial charge >= 0.3 is 5.97 Å². The summed E-state index contributed by atoms with van der Waals surface area (Å²) in [6.45, 7) is 5.33. The van der Waals surface area contributed by atoms with Crippen LogP contribution in [0.4, 0.5) is 5.69 Å². The number of piperidine rings is 1. The molecule has 2 rings (SSSR count). The molecule has 1 heterocycles. The fourth-order valence-electron chi connectivity index (χ4n) is 2.48. The summed E-state index contributed by atoms with van der Waals surface area (Å²) >= 11 is 0. The molecule has 3 N–H and O–H groups in total. The number of aromatic carboxylic acids is 1. The maximum absolute atomic E-state index is 12.4. The number of carbonyl (C=O) groups is 2. The van der Waals surface area contributed by atoms with Gasteiger partial charge in [-0.1, -0.05) is 13.0 Å². The van der Waals surface area contributed by atoms with Gasteiger partial charge in [0.25, 0.3) is 0 Å². The lowest BCUT2D eigenvalue weighted by Gasteiger charge is -2.32. The van der Waals surface area contributed by atoms with E-state index in [0.717, 1.165) is 25.9 Å². The highest BCUT2D eigenvalue weighted by Gasteiger charge is 2.34. The second-order valence-corrected chi connectivity index (χ2v) is 5.55. The van der Waals surface area contributed by atoms with E-state index in [1.54, 1.807) is 25.1 Å². The molecule has 0 aromatic heterocycles. The van der Waals surface area contributed by atoms with Crippen molar-refractivity contribution in [3.63, 3.8) is 0 Å². The van der Waals surface area contributed by atoms with E-state index in [4.69, 9.17) is 5.11 Å². The Morgan fingerprint density at radius 2 is 1.95 bits per heavy atom. The van der Waals surface area contributed by atoms with Crippen molar-refractivity contribution in [1.82, 2.24) is 5.32 Å². The molecule has 5 heteroatoms. The van der Waals surface area contributed by atoms with Gasteiger partial charge in [-0.3, -0.25) is 4.79 Å². The zero-order valence-electron chi connectivity index (χ0n) is 11.8. The fraction of sp³-hybridized carbons (Fsp3) is 0.467. The molecule has 1 amide bonds. The van der Waals surface area contributed by atoms with E-state index in [2.05, 4.69) is 10.6 Å². The van der Waals surface area contributed by atoms with Crippen LogP contribution in [0.3, 0.4) is 0 Å². The molecule has 20 heavy (non-hydrogen) atoms. The van der Waals surface area contributed by atoms with E-state index in [1.165, 1.54) is 0 Å². The minimum atomic E-state index is -0.980. The predicted octanol–water partition coefficient (Wildman–Crippen LogP) is 2.02. The summed E-state index contributed by atoms with van der Waals surface area (Å²) in [7, 11) is 0. The average Bonchev–Trinajstić information content (AvgIpc) is 2.41. The summed E-state index contributed by atoms with van der Waals surface area (Å²) < 4.78 is 0. The number of carboxylic acid groups (broad SMARTS) is 1. The third-order valence-corrected chi connectivity index (χ3v) is 4.07. The van der Waals surface area contributed by atoms with E-state index in [9.17, 15) is 9.59 Å². The van der Waals surface area contributed by atoms with Crippen molar-refractivity contribution in [3.05, 3.63) is 29.3 Å². The lowest BCUT2D eigenvalue weighted by molar-refractivity contribution is -0.126. The molecular formula is C15H20N2O3. The molecule has 0 bridgehead atoms. The number of nitrogens with one attached hydrogen (secondary N) is 2. The molecule has 1 aromatic carbocycles. The molecule has 1 aromatic rings. The van der Waals surface area contributed by atoms with Gasteiger partial charge in [-0.15, -0.1) is 0 Å². The van der Waals surface area contributed by atoms with Crippen LogP contribution in [0.1, 0.15) is 35.7 Å². The Labute approximate surface area is 118 Å². The maximum Gasteiger partial charge on any atom is 0.336 e. The smallest absolute Gasteiger partial charge is 0.336 e. The Balaban J connectivity index is 2.19. The van der Waals surface area contributed by atoms with Gasteiger partial charge in [0, 0.05) is 11.1 Å². The van der Waals surface area contributed by atoms with Gasteiger partial charge in [-0.05, 0) is 50.6 Å². The zero-order valence-corrected chi connectivity index (χ0v) is 11.8. The highest BCUT2D eigenvalue weighted by Crippen LogP contribution is 2.30. The molecule has 1 aliphatic rings. The first-order chi connectivity index (χ1) is 9.44. The van der Waals surface area contributed by atoms with Crippen LogP contribution in [0.5, 0.6) is 0 Å². The molecule has 0 saturated carbocycles. The van der Waals surface area contributed by atoms with Crippen LogP contribution < -0.4 is 10.6 Å². The van der Waals surface area contributed by atoms with Crippen molar-refractivity contribution < 1.29 is 14.7 Å². The molecule has 1 aliphatic heterocycles. The van der Waals surface area contributed by atoms with Crippen molar-refractivity contribution in [2.45, 2.75) is 26.7 Å². The predicted molar refractivity (Wildman–Crippen MR) is 77.0 cm³/mol. The van der Waals surface area contributed by atoms with Gasteiger partial charge in [-0.2, -0.15) is 0 Å². The van der Waals surface area contributed by atoms with E-state index in [0.29, 0.717) is 11.3 Å². The summed E-state index contributed by atoms with van der Waals surface area (Å²) in [5.41, 5.74) is 0.996. The minimum Gasteiger partial charge on any atom is -0.478 e. The monoisotopic (exact) mass is 276 g/mol. The quantitative estimate of drug-likeness (QED) is 0.789. The summed E-state index contributed by atoms with van der Waals surface area (Å²) in [6.07, 6.45) is 1.58. The number of hydrogen-bond donors (Lipinski definition) is 3. The Morgan fingerprint density at radius 1 is 1.30 bits per heavy atom. The van der Waals surface area contributed by atoms with Crippen molar-refractivity contribution in [1.29, 1.82) is 0 Å². The molecule has 0 atom stereocenters. The molecular weight excluding hydrogens is 256 g/mol. The number of carboxylic acids is 1. The van der Waals surface area contributed by atoms with E-state index in [1.807, 2.05) is 6.92 Å². The Hall–Kier alpha value is -1.88. The molecule has 0 unspecified atom stereocenters. The second kappa shape index (κ2) is 5.63. The third kappa shape index (κ3) is 2.82. The number of hydrogen-bond acceptors (Lipinski definition) is 3. The van der Waals surface area contributed by atoms with E-state index < -0.39 is 11.4 Å². The van der Waals surface area contributed by atoms with E-state index >= 15 is 0 Å². The average molecular weight is 276 g/mol. The summed E-state index contributed by atoms with van der Waals surface area (Å²) in [6, 6.07) is 4.93. The van der Waals surface area contributed by atoms with Crippen molar-refractivity contribution >= 4 is 17.6 Å². The molecule has 1 saturated heterocycles. The molecule has 5 nitrogen and oxygen atoms in total. The minimum absolute atomic E-state index is 0.0374. The number of benzene rings is 1. The van der Waals surface area contributed by atoms with Gasteiger partial charge in [0.1, 0.15) is 0 Å². The van der Waals surface area contributed by atoms with E-state index in [-0.39, 0.29) is 11.5 Å². The molecule has 0 spiro atoms. The van der Waals surface area contributed by atoms with Crippen LogP contribution in [0.15, 0.2) is 18.2 Å². The number of carbonyl (C=O) groups excluding carboxylic acids is 1. The van der Waals surface area contributed by atoms with Gasteiger partial charge in [0.05, 0.1) is 5.56 Å². The standard InChI is InChI=1S/C15H20N2O3/c1-10-11(13(18)19)4-3-5-12(10)17-14(20)15(2)6-8-16-9-7-15/h3-5,16H,6-9H2,1-2H3,(H,17,20)(H,18,19). The van der Waals surface area contributed by atoms with Crippen molar-refractivity contribution in [3.8, 4) is 0 Å². The van der Waals surface area contributed by atoms with Crippen LogP contribution >= 0.6 is 0 Å². The van der Waals surface area contributed by atoms with Crippen LogP contribution in [0, 0.1) is 12.3 Å². The SMILES string of the molecule is Cc1c(NC(=O)C2(C)CCNCC2)cccc1C(=O)O. The zero-order chi connectivity index (χ0) is 14.8. The van der Waals surface area contributed by atoms with Crippen LogP contribution in [0.2, 0.25) is 0 Å². The molecule has 0 aliphatic carbocycles. The number of amides is 1. The van der Waals surface area contributed by atoms with Gasteiger partial charge in [0.2, 0.25) is 5.91 Å². The van der Waals surface area contributed by atoms with Crippen LogP contribution in [0.25, 0.3) is 0 Å². The molecule has 0 radical (unpaired) electrons. The largest absolute Gasteiger partial charge is 0.478 e. The highest BCUT2D eigenvalue weighted by molar-refractivity contribution is 5.98. The Bertz CT molecular complexity index is 534. The summed E-state index contributed by atoms with van der Waals surface area (Å²) in [4.78, 5) is 23.5. The summed E-state index contributed by atoms with van der Waals surface area (Å²) in [5, 5.41) is 15.2. The van der Waals surface area contributed by atoms with Gasteiger partial charge in [0.15, 0.2) is 0 Å². The van der Waals surface area contributed by atoms with Gasteiger partial charge in [-0.25, -0.2) is 4.79 Å². The normalized spacial score (nSPS) is 17.5. The number of rotatable bonds is 3. The molecule has 108 valence electrons. The third-order valence-electron chi connectivity index (χ3n) is 4.07. The summed E-state index contributed by atoms with van der Waals surface area (Å²) in [5.74, 6) is -1.02. The van der Waals surface area contributed by atoms with Gasteiger partial charge < -0.3 is 15.7 Å².